The Morgan fingerprint density at radius 2 is 1.90 bits per heavy atom. The molecule has 0 spiro atoms. The highest BCUT2D eigenvalue weighted by atomic mass is 35.5. The third-order valence-electron chi connectivity index (χ3n) is 3.07. The smallest absolute Gasteiger partial charge is 0.209 e. The molecule has 116 valence electrons. The van der Waals surface area contributed by atoms with Crippen molar-refractivity contribution in [2.45, 2.75) is 31.5 Å². The minimum Gasteiger partial charge on any atom is -0.313 e. The van der Waals surface area contributed by atoms with Gasteiger partial charge in [0.25, 0.3) is 0 Å². The summed E-state index contributed by atoms with van der Waals surface area (Å²) in [6.45, 7) is 4.12. The number of nitrogens with zero attached hydrogens (tertiary/aromatic N) is 4. The zero-order valence-electron chi connectivity index (χ0n) is 12.5. The molecular formula is C14H22ClN5S. The van der Waals surface area contributed by atoms with Gasteiger partial charge in [-0.1, -0.05) is 43.0 Å². The van der Waals surface area contributed by atoms with Crippen molar-refractivity contribution >= 4 is 24.2 Å². The molecule has 1 heterocycles. The van der Waals surface area contributed by atoms with Gasteiger partial charge in [-0.3, -0.25) is 0 Å². The van der Waals surface area contributed by atoms with E-state index >= 15 is 0 Å². The van der Waals surface area contributed by atoms with Crippen molar-refractivity contribution in [1.82, 2.24) is 25.5 Å². The maximum atomic E-state index is 3.94. The Morgan fingerprint density at radius 1 is 1.19 bits per heavy atom. The summed E-state index contributed by atoms with van der Waals surface area (Å²) in [5.74, 6) is 1.02. The number of benzene rings is 1. The summed E-state index contributed by atoms with van der Waals surface area (Å²) in [5, 5.41) is 15.7. The highest BCUT2D eigenvalue weighted by Crippen LogP contribution is 2.12. The van der Waals surface area contributed by atoms with Gasteiger partial charge in [0.1, 0.15) is 0 Å². The van der Waals surface area contributed by atoms with Crippen molar-refractivity contribution in [1.29, 1.82) is 0 Å². The van der Waals surface area contributed by atoms with Crippen LogP contribution >= 0.6 is 24.2 Å². The summed E-state index contributed by atoms with van der Waals surface area (Å²) in [6.07, 6.45) is 2.20. The van der Waals surface area contributed by atoms with Crippen molar-refractivity contribution in [3.8, 4) is 0 Å². The largest absolute Gasteiger partial charge is 0.313 e. The zero-order valence-corrected chi connectivity index (χ0v) is 14.1. The molecule has 2 aromatic rings. The van der Waals surface area contributed by atoms with Crippen molar-refractivity contribution in [2.24, 2.45) is 7.05 Å². The lowest BCUT2D eigenvalue weighted by Crippen LogP contribution is -2.15. The second kappa shape index (κ2) is 9.76. The van der Waals surface area contributed by atoms with Gasteiger partial charge in [0.2, 0.25) is 5.16 Å². The molecule has 0 saturated carbocycles. The fraction of sp³-hybridized carbons (Fsp3) is 0.500. The summed E-state index contributed by atoms with van der Waals surface area (Å²) in [6, 6.07) is 8.81. The number of rotatable bonds is 8. The predicted octanol–water partition coefficient (Wildman–Crippen LogP) is 2.47. The molecule has 0 unspecified atom stereocenters. The van der Waals surface area contributed by atoms with E-state index in [1.807, 2.05) is 7.05 Å². The Balaban J connectivity index is 0.00000220. The van der Waals surface area contributed by atoms with Crippen LogP contribution in [-0.2, 0) is 20.0 Å². The maximum absolute atomic E-state index is 3.94. The molecule has 5 nitrogen and oxygen atoms in total. The highest BCUT2D eigenvalue weighted by molar-refractivity contribution is 7.99. The van der Waals surface area contributed by atoms with E-state index in [-0.39, 0.29) is 12.4 Å². The van der Waals surface area contributed by atoms with E-state index in [2.05, 4.69) is 52.0 Å². The molecule has 0 amide bonds. The number of hydrogen-bond acceptors (Lipinski definition) is 5. The third-order valence-corrected chi connectivity index (χ3v) is 4.17. The lowest BCUT2D eigenvalue weighted by atomic mass is 10.1. The van der Waals surface area contributed by atoms with E-state index in [0.29, 0.717) is 0 Å². The van der Waals surface area contributed by atoms with E-state index in [1.165, 1.54) is 11.1 Å². The van der Waals surface area contributed by atoms with E-state index in [0.717, 1.165) is 36.8 Å². The van der Waals surface area contributed by atoms with Gasteiger partial charge < -0.3 is 5.32 Å². The van der Waals surface area contributed by atoms with Crippen LogP contribution in [0.25, 0.3) is 0 Å². The molecule has 0 aliphatic heterocycles. The van der Waals surface area contributed by atoms with Crippen LogP contribution in [0.5, 0.6) is 0 Å². The van der Waals surface area contributed by atoms with Crippen LogP contribution in [0, 0.1) is 0 Å². The summed E-state index contributed by atoms with van der Waals surface area (Å²) in [7, 11) is 1.86. The molecule has 1 aromatic carbocycles. The second-order valence-electron chi connectivity index (χ2n) is 4.63. The average Bonchev–Trinajstić information content (AvgIpc) is 2.89. The summed E-state index contributed by atoms with van der Waals surface area (Å²) in [4.78, 5) is 0. The standard InChI is InChI=1S/C14H21N5S.ClH/c1-3-12-5-7-13(8-6-12)11-15-9-4-10-20-14-16-17-18-19(14)2;/h5-8,15H,3-4,9-11H2,1-2H3;1H. The van der Waals surface area contributed by atoms with Gasteiger partial charge in [0.05, 0.1) is 0 Å². The molecule has 21 heavy (non-hydrogen) atoms. The number of aryl methyl sites for hydroxylation is 2. The maximum Gasteiger partial charge on any atom is 0.209 e. The Morgan fingerprint density at radius 3 is 2.52 bits per heavy atom. The van der Waals surface area contributed by atoms with Crippen LogP contribution < -0.4 is 5.32 Å². The number of thioether (sulfide) groups is 1. The van der Waals surface area contributed by atoms with E-state index in [9.17, 15) is 0 Å². The minimum atomic E-state index is 0. The highest BCUT2D eigenvalue weighted by Gasteiger charge is 2.01. The zero-order chi connectivity index (χ0) is 14.2. The van der Waals surface area contributed by atoms with Crippen molar-refractivity contribution < 1.29 is 0 Å². The molecule has 0 aliphatic carbocycles. The summed E-state index contributed by atoms with van der Waals surface area (Å²) >= 11 is 1.69. The first kappa shape index (κ1) is 17.9. The fourth-order valence-corrected chi connectivity index (χ4v) is 2.62. The van der Waals surface area contributed by atoms with Gasteiger partial charge in [0, 0.05) is 19.3 Å². The summed E-state index contributed by atoms with van der Waals surface area (Å²) < 4.78 is 1.70. The topological polar surface area (TPSA) is 55.6 Å². The third kappa shape index (κ3) is 6.03. The Bertz CT molecular complexity index is 514. The van der Waals surface area contributed by atoms with Crippen molar-refractivity contribution in [3.63, 3.8) is 0 Å². The molecule has 7 heteroatoms. The van der Waals surface area contributed by atoms with Gasteiger partial charge in [-0.15, -0.1) is 17.5 Å². The predicted molar refractivity (Wildman–Crippen MR) is 88.9 cm³/mol. The van der Waals surface area contributed by atoms with Crippen LogP contribution in [0.15, 0.2) is 29.4 Å². The molecule has 0 bridgehead atoms. The lowest BCUT2D eigenvalue weighted by molar-refractivity contribution is 0.661. The molecular weight excluding hydrogens is 306 g/mol. The Hall–Kier alpha value is -1.11. The molecule has 1 aromatic heterocycles. The van der Waals surface area contributed by atoms with E-state index in [1.54, 1.807) is 16.4 Å². The molecule has 0 aliphatic rings. The van der Waals surface area contributed by atoms with Crippen molar-refractivity contribution in [2.75, 3.05) is 12.3 Å². The Kier molecular flexibility index (Phi) is 8.34. The fourth-order valence-electron chi connectivity index (χ4n) is 1.83. The van der Waals surface area contributed by atoms with Gasteiger partial charge >= 0.3 is 0 Å². The molecule has 0 radical (unpaired) electrons. The molecule has 0 fully saturated rings. The van der Waals surface area contributed by atoms with Gasteiger partial charge in [-0.05, 0) is 40.9 Å². The first-order valence-electron chi connectivity index (χ1n) is 6.93. The first-order chi connectivity index (χ1) is 9.79. The minimum absolute atomic E-state index is 0. The number of aromatic nitrogens is 4. The number of hydrogen-bond donors (Lipinski definition) is 1. The Labute approximate surface area is 136 Å². The normalized spacial score (nSPS) is 10.4. The lowest BCUT2D eigenvalue weighted by Gasteiger charge is -2.05. The van der Waals surface area contributed by atoms with Gasteiger partial charge in [-0.2, -0.15) is 0 Å². The van der Waals surface area contributed by atoms with Crippen LogP contribution in [0.2, 0.25) is 0 Å². The van der Waals surface area contributed by atoms with Crippen LogP contribution in [0.3, 0.4) is 0 Å². The molecule has 2 rings (SSSR count). The van der Waals surface area contributed by atoms with E-state index in [4.69, 9.17) is 0 Å². The molecule has 0 atom stereocenters. The number of halogens is 1. The average molecular weight is 328 g/mol. The molecule has 0 saturated heterocycles. The quantitative estimate of drug-likeness (QED) is 0.596. The SMILES string of the molecule is CCc1ccc(CNCCCSc2nnnn2C)cc1.Cl. The molecule has 1 N–H and O–H groups in total. The number of tetrazole rings is 1. The number of nitrogens with one attached hydrogen (secondary N) is 1. The van der Waals surface area contributed by atoms with Crippen molar-refractivity contribution in [3.05, 3.63) is 35.4 Å². The van der Waals surface area contributed by atoms with Gasteiger partial charge in [-0.25, -0.2) is 4.68 Å². The van der Waals surface area contributed by atoms with Gasteiger partial charge in [0.15, 0.2) is 0 Å². The summed E-state index contributed by atoms with van der Waals surface area (Å²) in [5.41, 5.74) is 2.73. The monoisotopic (exact) mass is 327 g/mol. The van der Waals surface area contributed by atoms with Crippen LogP contribution in [0.1, 0.15) is 24.5 Å². The van der Waals surface area contributed by atoms with Crippen LogP contribution in [0.4, 0.5) is 0 Å². The van der Waals surface area contributed by atoms with E-state index < -0.39 is 0 Å². The van der Waals surface area contributed by atoms with Crippen LogP contribution in [-0.4, -0.2) is 32.5 Å². The first-order valence-corrected chi connectivity index (χ1v) is 7.92. The second-order valence-corrected chi connectivity index (χ2v) is 5.70.